The molecule has 0 aliphatic heterocycles. The fraction of sp³-hybridized carbons (Fsp3) is 0.444. The van der Waals surface area contributed by atoms with Crippen LogP contribution in [0.4, 0.5) is 10.1 Å². The van der Waals surface area contributed by atoms with Crippen molar-refractivity contribution in [3.8, 4) is 0 Å². The van der Waals surface area contributed by atoms with Gasteiger partial charge >= 0.3 is 0 Å². The molecule has 2 heteroatoms. The third kappa shape index (κ3) is 3.50. The van der Waals surface area contributed by atoms with Gasteiger partial charge in [-0.25, -0.2) is 4.39 Å². The molecule has 0 atom stereocenters. The van der Waals surface area contributed by atoms with Crippen molar-refractivity contribution in [2.75, 3.05) is 19.0 Å². The molecule has 0 aromatic heterocycles. The predicted octanol–water partition coefficient (Wildman–Crippen LogP) is 5.17. The minimum Gasteiger partial charge on any atom is -0.377 e. The van der Waals surface area contributed by atoms with Gasteiger partial charge in [-0.3, -0.25) is 0 Å². The summed E-state index contributed by atoms with van der Waals surface area (Å²) in [5.41, 5.74) is 2.48. The number of benzene rings is 2. The van der Waals surface area contributed by atoms with E-state index >= 15 is 0 Å². The van der Waals surface area contributed by atoms with E-state index < -0.39 is 0 Å². The molecule has 20 heavy (non-hydrogen) atoms. The largest absolute Gasteiger partial charge is 0.377 e. The summed E-state index contributed by atoms with van der Waals surface area (Å²) in [6, 6.07) is 9.43. The Hall–Kier alpha value is -1.57. The first-order valence-electron chi connectivity index (χ1n) is 7.51. The van der Waals surface area contributed by atoms with Gasteiger partial charge in [0, 0.05) is 25.2 Å². The number of hydrogen-bond acceptors (Lipinski definition) is 1. The second-order valence-corrected chi connectivity index (χ2v) is 5.69. The standard InChI is InChI=1S/C18H24FN/c1-4-5-6-7-8-14-11-15-13-16(19)9-10-17(15)18(12-14)20(2)3/h9-13H,4-8H2,1-3H3. The fourth-order valence-electron chi connectivity index (χ4n) is 2.65. The monoisotopic (exact) mass is 273 g/mol. The van der Waals surface area contributed by atoms with Crippen LogP contribution in [-0.4, -0.2) is 14.1 Å². The third-order valence-electron chi connectivity index (χ3n) is 3.75. The molecule has 0 unspecified atom stereocenters. The maximum Gasteiger partial charge on any atom is 0.123 e. The van der Waals surface area contributed by atoms with Crippen molar-refractivity contribution in [3.63, 3.8) is 0 Å². The number of fused-ring (bicyclic) bond motifs is 1. The minimum atomic E-state index is -0.162. The lowest BCUT2D eigenvalue weighted by Gasteiger charge is -2.17. The average molecular weight is 273 g/mol. The molecule has 1 nitrogen and oxygen atoms in total. The highest BCUT2D eigenvalue weighted by molar-refractivity contribution is 5.95. The topological polar surface area (TPSA) is 3.24 Å². The molecule has 0 bridgehead atoms. The second kappa shape index (κ2) is 6.74. The Morgan fingerprint density at radius 3 is 2.50 bits per heavy atom. The van der Waals surface area contributed by atoms with Crippen molar-refractivity contribution >= 4 is 16.5 Å². The molecule has 0 amide bonds. The molecule has 108 valence electrons. The molecule has 0 aliphatic carbocycles. The van der Waals surface area contributed by atoms with E-state index in [-0.39, 0.29) is 5.82 Å². The van der Waals surface area contributed by atoms with Crippen molar-refractivity contribution in [1.29, 1.82) is 0 Å². The first-order chi connectivity index (χ1) is 9.61. The lowest BCUT2D eigenvalue weighted by molar-refractivity contribution is 0.629. The smallest absolute Gasteiger partial charge is 0.123 e. The molecule has 0 heterocycles. The van der Waals surface area contributed by atoms with Gasteiger partial charge in [0.25, 0.3) is 0 Å². The molecule has 0 aliphatic rings. The van der Waals surface area contributed by atoms with Crippen molar-refractivity contribution in [2.24, 2.45) is 0 Å². The van der Waals surface area contributed by atoms with Crippen LogP contribution in [0.15, 0.2) is 30.3 Å². The van der Waals surface area contributed by atoms with E-state index in [1.807, 2.05) is 20.2 Å². The molecule has 0 spiro atoms. The van der Waals surface area contributed by atoms with E-state index in [9.17, 15) is 4.39 Å². The Balaban J connectivity index is 2.31. The van der Waals surface area contributed by atoms with E-state index in [0.717, 1.165) is 17.2 Å². The van der Waals surface area contributed by atoms with Gasteiger partial charge in [0.2, 0.25) is 0 Å². The van der Waals surface area contributed by atoms with E-state index in [4.69, 9.17) is 0 Å². The lowest BCUT2D eigenvalue weighted by Crippen LogP contribution is -2.09. The number of unbranched alkanes of at least 4 members (excludes halogenated alkanes) is 3. The zero-order valence-electron chi connectivity index (χ0n) is 12.7. The van der Waals surface area contributed by atoms with Crippen LogP contribution in [0.2, 0.25) is 0 Å². The second-order valence-electron chi connectivity index (χ2n) is 5.69. The normalized spacial score (nSPS) is 11.0. The van der Waals surface area contributed by atoms with Crippen LogP contribution in [0.5, 0.6) is 0 Å². The summed E-state index contributed by atoms with van der Waals surface area (Å²) in [6.45, 7) is 2.23. The Morgan fingerprint density at radius 1 is 1.00 bits per heavy atom. The van der Waals surface area contributed by atoms with Gasteiger partial charge < -0.3 is 4.90 Å². The summed E-state index contributed by atoms with van der Waals surface area (Å²) in [5.74, 6) is -0.162. The van der Waals surface area contributed by atoms with Crippen molar-refractivity contribution < 1.29 is 4.39 Å². The van der Waals surface area contributed by atoms with Crippen LogP contribution in [0.3, 0.4) is 0 Å². The van der Waals surface area contributed by atoms with Gasteiger partial charge in [-0.2, -0.15) is 0 Å². The molecular weight excluding hydrogens is 249 g/mol. The van der Waals surface area contributed by atoms with Crippen LogP contribution in [0.1, 0.15) is 38.2 Å². The van der Waals surface area contributed by atoms with Crippen molar-refractivity contribution in [3.05, 3.63) is 41.7 Å². The van der Waals surface area contributed by atoms with Crippen molar-refractivity contribution in [2.45, 2.75) is 39.0 Å². The van der Waals surface area contributed by atoms with Crippen LogP contribution in [0, 0.1) is 5.82 Å². The number of halogens is 1. The number of hydrogen-bond donors (Lipinski definition) is 0. The maximum absolute atomic E-state index is 13.4. The van der Waals surface area contributed by atoms with E-state index in [0.29, 0.717) is 0 Å². The van der Waals surface area contributed by atoms with Gasteiger partial charge in [-0.1, -0.05) is 32.3 Å². The molecule has 2 rings (SSSR count). The van der Waals surface area contributed by atoms with E-state index in [2.05, 4.69) is 24.0 Å². The third-order valence-corrected chi connectivity index (χ3v) is 3.75. The molecule has 0 fully saturated rings. The average Bonchev–Trinajstić information content (AvgIpc) is 2.42. The highest BCUT2D eigenvalue weighted by Gasteiger charge is 2.07. The molecule has 0 saturated heterocycles. The first-order valence-corrected chi connectivity index (χ1v) is 7.51. The summed E-state index contributed by atoms with van der Waals surface area (Å²) in [4.78, 5) is 2.11. The number of anilines is 1. The fourth-order valence-corrected chi connectivity index (χ4v) is 2.65. The Bertz CT molecular complexity index is 575. The summed E-state index contributed by atoms with van der Waals surface area (Å²) in [6.07, 6.45) is 6.11. The van der Waals surface area contributed by atoms with Gasteiger partial charge in [0.05, 0.1) is 0 Å². The highest BCUT2D eigenvalue weighted by atomic mass is 19.1. The Morgan fingerprint density at radius 2 is 1.80 bits per heavy atom. The molecule has 2 aromatic carbocycles. The SMILES string of the molecule is CCCCCCc1cc(N(C)C)c2ccc(F)cc2c1. The van der Waals surface area contributed by atoms with E-state index in [1.165, 1.54) is 43.0 Å². The van der Waals surface area contributed by atoms with Gasteiger partial charge in [0.1, 0.15) is 5.82 Å². The molecule has 0 saturated carbocycles. The number of nitrogens with zero attached hydrogens (tertiary/aromatic N) is 1. The maximum atomic E-state index is 13.4. The Labute approximate surface area is 121 Å². The van der Waals surface area contributed by atoms with Crippen LogP contribution in [0.25, 0.3) is 10.8 Å². The summed E-state index contributed by atoms with van der Waals surface area (Å²) >= 11 is 0. The summed E-state index contributed by atoms with van der Waals surface area (Å²) in [7, 11) is 4.08. The van der Waals surface area contributed by atoms with Gasteiger partial charge in [0.15, 0.2) is 0 Å². The summed E-state index contributed by atoms with van der Waals surface area (Å²) in [5, 5.41) is 2.12. The van der Waals surface area contributed by atoms with Crippen LogP contribution < -0.4 is 4.90 Å². The molecule has 0 radical (unpaired) electrons. The number of aryl methyl sites for hydroxylation is 1. The highest BCUT2D eigenvalue weighted by Crippen LogP contribution is 2.29. The van der Waals surface area contributed by atoms with E-state index in [1.54, 1.807) is 6.07 Å². The quantitative estimate of drug-likeness (QED) is 0.656. The van der Waals surface area contributed by atoms with Gasteiger partial charge in [-0.05, 0) is 48.1 Å². The summed E-state index contributed by atoms with van der Waals surface area (Å²) < 4.78 is 13.4. The Kier molecular flexibility index (Phi) is 4.99. The molecule has 0 N–H and O–H groups in total. The van der Waals surface area contributed by atoms with Crippen LogP contribution >= 0.6 is 0 Å². The minimum absolute atomic E-state index is 0.162. The zero-order valence-corrected chi connectivity index (χ0v) is 12.7. The molecule has 2 aromatic rings. The lowest BCUT2D eigenvalue weighted by atomic mass is 10.00. The van der Waals surface area contributed by atoms with Crippen LogP contribution in [-0.2, 0) is 6.42 Å². The zero-order chi connectivity index (χ0) is 14.5. The molecular formula is C18H24FN. The van der Waals surface area contributed by atoms with Crippen molar-refractivity contribution in [1.82, 2.24) is 0 Å². The van der Waals surface area contributed by atoms with Gasteiger partial charge in [-0.15, -0.1) is 0 Å². The number of rotatable bonds is 6. The first kappa shape index (κ1) is 14.8. The predicted molar refractivity (Wildman–Crippen MR) is 86.1 cm³/mol.